The summed E-state index contributed by atoms with van der Waals surface area (Å²) in [4.78, 5) is 7.93. The lowest BCUT2D eigenvalue weighted by Crippen LogP contribution is -2.10. The largest absolute Gasteiger partial charge is 0.507 e. The van der Waals surface area contributed by atoms with Crippen LogP contribution in [0.5, 0.6) is 0 Å². The Balaban J connectivity index is 1.91. The molecule has 0 spiro atoms. The highest BCUT2D eigenvalue weighted by atomic mass is 16.3. The van der Waals surface area contributed by atoms with E-state index in [-0.39, 0.29) is 17.4 Å². The smallest absolute Gasteiger partial charge is 0.221 e. The van der Waals surface area contributed by atoms with E-state index in [9.17, 15) is 5.11 Å². The third kappa shape index (κ3) is 3.66. The van der Waals surface area contributed by atoms with Gasteiger partial charge in [-0.25, -0.2) is 4.98 Å². The normalized spacial score (nSPS) is 13.6. The van der Waals surface area contributed by atoms with Gasteiger partial charge in [0.2, 0.25) is 5.95 Å². The molecule has 0 unspecified atom stereocenters. The van der Waals surface area contributed by atoms with Gasteiger partial charge in [-0.1, -0.05) is 18.2 Å². The summed E-state index contributed by atoms with van der Waals surface area (Å²) in [7, 11) is 0. The van der Waals surface area contributed by atoms with Crippen LogP contribution in [0.2, 0.25) is 0 Å². The van der Waals surface area contributed by atoms with Gasteiger partial charge in [0, 0.05) is 28.7 Å². The lowest BCUT2D eigenvalue weighted by molar-refractivity contribution is 0.428. The maximum Gasteiger partial charge on any atom is 0.221 e. The Kier molecular flexibility index (Phi) is 4.47. The number of hydrogen-bond donors (Lipinski definition) is 5. The van der Waals surface area contributed by atoms with Crippen LogP contribution >= 0.6 is 0 Å². The van der Waals surface area contributed by atoms with Crippen molar-refractivity contribution in [1.29, 1.82) is 5.41 Å². The summed E-state index contributed by atoms with van der Waals surface area (Å²) < 4.78 is 0. The molecule has 1 aromatic heterocycles. The number of anilines is 4. The summed E-state index contributed by atoms with van der Waals surface area (Å²) in [6.45, 7) is 0. The quantitative estimate of drug-likeness (QED) is 0.431. The Morgan fingerprint density at radius 2 is 2.08 bits per heavy atom. The van der Waals surface area contributed by atoms with E-state index in [1.165, 1.54) is 0 Å². The van der Waals surface area contributed by atoms with Crippen molar-refractivity contribution in [2.45, 2.75) is 6.42 Å². The van der Waals surface area contributed by atoms with Crippen molar-refractivity contribution in [3.05, 3.63) is 71.7 Å². The van der Waals surface area contributed by atoms with Crippen LogP contribution < -0.4 is 16.8 Å². The van der Waals surface area contributed by atoms with E-state index in [1.54, 1.807) is 48.7 Å². The number of nitrogen functional groups attached to an aromatic ring is 2. The zero-order valence-electron chi connectivity index (χ0n) is 13.4. The van der Waals surface area contributed by atoms with Gasteiger partial charge in [-0.15, -0.1) is 0 Å². The number of aliphatic hydroxyl groups is 1. The third-order valence-corrected chi connectivity index (χ3v) is 3.66. The van der Waals surface area contributed by atoms with Gasteiger partial charge in [0.15, 0.2) is 0 Å². The Morgan fingerprint density at radius 1 is 1.24 bits per heavy atom. The van der Waals surface area contributed by atoms with Crippen LogP contribution in [0, 0.1) is 5.41 Å². The van der Waals surface area contributed by atoms with Crippen LogP contribution in [0.4, 0.5) is 23.1 Å². The van der Waals surface area contributed by atoms with Gasteiger partial charge < -0.3 is 21.9 Å². The van der Waals surface area contributed by atoms with E-state index >= 15 is 0 Å². The third-order valence-electron chi connectivity index (χ3n) is 3.66. The van der Waals surface area contributed by atoms with E-state index in [0.29, 0.717) is 34.8 Å². The molecule has 0 bridgehead atoms. The Hall–Kier alpha value is -3.61. The van der Waals surface area contributed by atoms with E-state index in [0.717, 1.165) is 0 Å². The molecule has 7 N–H and O–H groups in total. The van der Waals surface area contributed by atoms with Crippen LogP contribution in [-0.2, 0) is 0 Å². The maximum absolute atomic E-state index is 10.1. The Labute approximate surface area is 144 Å². The van der Waals surface area contributed by atoms with Gasteiger partial charge in [0.25, 0.3) is 0 Å². The minimum Gasteiger partial charge on any atom is -0.507 e. The summed E-state index contributed by atoms with van der Waals surface area (Å²) in [5.41, 5.74) is 13.9. The number of aromatic nitrogens is 2. The Morgan fingerprint density at radius 3 is 2.88 bits per heavy atom. The molecule has 0 atom stereocenters. The molecule has 7 nitrogen and oxygen atoms in total. The molecule has 0 saturated heterocycles. The number of nitrogens with zero attached hydrogens (tertiary/aromatic N) is 2. The number of nitrogens with two attached hydrogens (primary N) is 2. The lowest BCUT2D eigenvalue weighted by atomic mass is 9.98. The van der Waals surface area contributed by atoms with E-state index in [1.807, 2.05) is 6.08 Å². The maximum atomic E-state index is 10.1. The van der Waals surface area contributed by atoms with Crippen molar-refractivity contribution >= 4 is 28.9 Å². The van der Waals surface area contributed by atoms with Crippen LogP contribution in [0.15, 0.2) is 66.1 Å². The highest BCUT2D eigenvalue weighted by molar-refractivity contribution is 6.16. The summed E-state index contributed by atoms with van der Waals surface area (Å²) in [5, 5.41) is 21.7. The molecular weight excluding hydrogens is 316 g/mol. The van der Waals surface area contributed by atoms with Crippen LogP contribution in [-0.4, -0.2) is 20.8 Å². The topological polar surface area (TPSA) is 134 Å². The number of allylic oxidation sites excluding steroid dienone is 5. The van der Waals surface area contributed by atoms with Crippen molar-refractivity contribution < 1.29 is 5.11 Å². The van der Waals surface area contributed by atoms with Crippen LogP contribution in [0.1, 0.15) is 12.0 Å². The monoisotopic (exact) mass is 334 g/mol. The van der Waals surface area contributed by atoms with Crippen LogP contribution in [0.25, 0.3) is 0 Å². The first-order valence-electron chi connectivity index (χ1n) is 7.65. The molecule has 3 rings (SSSR count). The minimum absolute atomic E-state index is 0.0417. The Bertz CT molecular complexity index is 914. The van der Waals surface area contributed by atoms with Gasteiger partial charge in [-0.05, 0) is 36.8 Å². The molecule has 0 aliphatic heterocycles. The number of aliphatic hydroxyl groups excluding tert-OH is 1. The molecule has 25 heavy (non-hydrogen) atoms. The number of hydrogen-bond acceptors (Lipinski definition) is 7. The van der Waals surface area contributed by atoms with E-state index in [4.69, 9.17) is 16.9 Å². The first-order valence-corrected chi connectivity index (χ1v) is 7.65. The van der Waals surface area contributed by atoms with E-state index < -0.39 is 0 Å². The molecule has 0 saturated carbocycles. The number of rotatable bonds is 4. The summed E-state index contributed by atoms with van der Waals surface area (Å²) in [5.74, 6) is 0.745. The summed E-state index contributed by atoms with van der Waals surface area (Å²) >= 11 is 0. The molecule has 1 heterocycles. The fourth-order valence-electron chi connectivity index (χ4n) is 2.44. The standard InChI is InChI=1S/C18H18N6O/c19-14-7-6-11(23-16-8-9-22-18(21)24-16)10-13(14)17(20)12-4-2-1-3-5-15(12)25/h1,3-10,20,25H,2,19H2,(H3,21,22,23,24). The second-order valence-electron chi connectivity index (χ2n) is 5.44. The van der Waals surface area contributed by atoms with Crippen molar-refractivity contribution in [2.75, 3.05) is 16.8 Å². The zero-order chi connectivity index (χ0) is 17.8. The highest BCUT2D eigenvalue weighted by Gasteiger charge is 2.16. The molecule has 0 amide bonds. The predicted octanol–water partition coefficient (Wildman–Crippen LogP) is 3.08. The zero-order valence-corrected chi connectivity index (χ0v) is 13.4. The van der Waals surface area contributed by atoms with Crippen molar-refractivity contribution in [1.82, 2.24) is 9.97 Å². The van der Waals surface area contributed by atoms with Crippen molar-refractivity contribution in [3.8, 4) is 0 Å². The van der Waals surface area contributed by atoms with Gasteiger partial charge in [-0.3, -0.25) is 5.41 Å². The molecule has 1 aliphatic carbocycles. The van der Waals surface area contributed by atoms with Gasteiger partial charge in [-0.2, -0.15) is 4.98 Å². The van der Waals surface area contributed by atoms with Crippen molar-refractivity contribution in [2.24, 2.45) is 0 Å². The molecule has 1 aliphatic rings. The first-order chi connectivity index (χ1) is 12.0. The molecule has 0 radical (unpaired) electrons. The SMILES string of the molecule is N=C(C1=CCC=CC=C1O)c1cc(Nc2ccnc(N)n2)ccc1N. The van der Waals surface area contributed by atoms with E-state index in [2.05, 4.69) is 15.3 Å². The summed E-state index contributed by atoms with van der Waals surface area (Å²) in [6.07, 6.45) is 9.20. The van der Waals surface area contributed by atoms with Crippen LogP contribution in [0.3, 0.4) is 0 Å². The molecule has 2 aromatic rings. The first kappa shape index (κ1) is 16.3. The second-order valence-corrected chi connectivity index (χ2v) is 5.44. The molecule has 0 fully saturated rings. The van der Waals surface area contributed by atoms with Gasteiger partial charge in [0.05, 0.1) is 5.71 Å². The fourth-order valence-corrected chi connectivity index (χ4v) is 2.44. The average Bonchev–Trinajstić information content (AvgIpc) is 2.80. The number of benzene rings is 1. The molecular formula is C18H18N6O. The minimum atomic E-state index is 0.0417. The highest BCUT2D eigenvalue weighted by Crippen LogP contribution is 2.26. The predicted molar refractivity (Wildman–Crippen MR) is 100.0 cm³/mol. The number of nitrogens with one attached hydrogen (secondary N) is 2. The van der Waals surface area contributed by atoms with Crippen molar-refractivity contribution in [3.63, 3.8) is 0 Å². The molecule has 7 heteroatoms. The van der Waals surface area contributed by atoms with Gasteiger partial charge >= 0.3 is 0 Å². The lowest BCUT2D eigenvalue weighted by Gasteiger charge is -2.13. The van der Waals surface area contributed by atoms with Gasteiger partial charge in [0.1, 0.15) is 11.6 Å². The molecule has 1 aromatic carbocycles. The second kappa shape index (κ2) is 6.88. The molecule has 126 valence electrons. The fraction of sp³-hybridized carbons (Fsp3) is 0.0556. The summed E-state index contributed by atoms with van der Waals surface area (Å²) in [6, 6.07) is 6.91. The average molecular weight is 334 g/mol.